The summed E-state index contributed by atoms with van der Waals surface area (Å²) in [6, 6.07) is 0. The Hall–Kier alpha value is -1.71. The van der Waals surface area contributed by atoms with Gasteiger partial charge >= 0.3 is 0 Å². The number of aldehydes is 1. The predicted octanol–water partition coefficient (Wildman–Crippen LogP) is 4.62. The maximum Gasteiger partial charge on any atom is 0.231 e. The molecule has 1 aromatic rings. The third kappa shape index (κ3) is 1.97. The zero-order chi connectivity index (χ0) is 18.1. The second kappa shape index (κ2) is 5.15. The summed E-state index contributed by atoms with van der Waals surface area (Å²) in [5, 5.41) is 11.2. The molecular formula is C21H28O4. The van der Waals surface area contributed by atoms with Crippen molar-refractivity contribution in [3.05, 3.63) is 16.7 Å². The monoisotopic (exact) mass is 344 g/mol. The second-order valence-electron chi connectivity index (χ2n) is 9.17. The minimum Gasteiger partial charge on any atom is -0.507 e. The minimum absolute atomic E-state index is 0.0361. The minimum atomic E-state index is -0.290. The molecule has 1 aromatic carbocycles. The van der Waals surface area contributed by atoms with E-state index in [9.17, 15) is 9.90 Å². The number of aromatic hydroxyl groups is 1. The zero-order valence-electron chi connectivity index (χ0n) is 15.8. The zero-order valence-corrected chi connectivity index (χ0v) is 15.8. The summed E-state index contributed by atoms with van der Waals surface area (Å²) in [6.07, 6.45) is 4.28. The van der Waals surface area contributed by atoms with E-state index in [-0.39, 0.29) is 41.1 Å². The van der Waals surface area contributed by atoms with Gasteiger partial charge < -0.3 is 19.4 Å². The van der Waals surface area contributed by atoms with E-state index < -0.39 is 0 Å². The van der Waals surface area contributed by atoms with Gasteiger partial charge in [0.05, 0.1) is 0 Å². The van der Waals surface area contributed by atoms with E-state index in [4.69, 9.17) is 9.47 Å². The normalized spacial score (nSPS) is 31.8. The van der Waals surface area contributed by atoms with Gasteiger partial charge in [0.2, 0.25) is 6.79 Å². The van der Waals surface area contributed by atoms with Crippen molar-refractivity contribution in [2.75, 3.05) is 6.79 Å². The highest BCUT2D eigenvalue weighted by atomic mass is 16.7. The van der Waals surface area contributed by atoms with E-state index in [1.807, 2.05) is 13.8 Å². The first-order valence-electron chi connectivity index (χ1n) is 9.38. The Morgan fingerprint density at radius 2 is 1.84 bits per heavy atom. The predicted molar refractivity (Wildman–Crippen MR) is 95.6 cm³/mol. The van der Waals surface area contributed by atoms with Crippen LogP contribution in [0.25, 0.3) is 0 Å². The smallest absolute Gasteiger partial charge is 0.231 e. The molecule has 25 heavy (non-hydrogen) atoms. The van der Waals surface area contributed by atoms with Crippen LogP contribution in [0.4, 0.5) is 0 Å². The van der Waals surface area contributed by atoms with Crippen molar-refractivity contribution in [1.29, 1.82) is 0 Å². The van der Waals surface area contributed by atoms with Gasteiger partial charge in [0.15, 0.2) is 11.5 Å². The van der Waals surface area contributed by atoms with Crippen LogP contribution in [-0.4, -0.2) is 18.2 Å². The second-order valence-corrected chi connectivity index (χ2v) is 9.17. The standard InChI is InChI=1S/C21H28O4/c1-11(2)13-16(23)14-12(9-22)19-20(3,4)7-6-8-21(19,5)15(14)18-17(13)24-10-25-18/h9,11-12,19,23H,6-8,10H2,1-5H3. The van der Waals surface area contributed by atoms with Crippen LogP contribution in [0.5, 0.6) is 17.2 Å². The number of rotatable bonds is 2. The molecule has 0 bridgehead atoms. The molecule has 0 amide bonds. The fourth-order valence-electron chi connectivity index (χ4n) is 6.15. The summed E-state index contributed by atoms with van der Waals surface area (Å²) >= 11 is 0. The van der Waals surface area contributed by atoms with Crippen LogP contribution in [0, 0.1) is 11.3 Å². The molecule has 0 radical (unpaired) electrons. The van der Waals surface area contributed by atoms with Crippen LogP contribution in [0.15, 0.2) is 0 Å². The molecular weight excluding hydrogens is 316 g/mol. The maximum absolute atomic E-state index is 12.2. The molecule has 1 saturated carbocycles. The lowest BCUT2D eigenvalue weighted by molar-refractivity contribution is -0.112. The van der Waals surface area contributed by atoms with Crippen LogP contribution in [0.2, 0.25) is 0 Å². The van der Waals surface area contributed by atoms with Crippen LogP contribution >= 0.6 is 0 Å². The van der Waals surface area contributed by atoms with Crippen LogP contribution in [-0.2, 0) is 10.2 Å². The number of ether oxygens (including phenoxy) is 2. The van der Waals surface area contributed by atoms with E-state index in [1.165, 1.54) is 0 Å². The number of phenols is 1. The molecule has 136 valence electrons. The van der Waals surface area contributed by atoms with Crippen molar-refractivity contribution >= 4 is 6.29 Å². The Balaban J connectivity index is 2.08. The topological polar surface area (TPSA) is 55.8 Å². The quantitative estimate of drug-likeness (QED) is 0.795. The Morgan fingerprint density at radius 3 is 2.48 bits per heavy atom. The fraction of sp³-hybridized carbons (Fsp3) is 0.667. The molecule has 1 N–H and O–H groups in total. The number of carbonyl (C=O) groups excluding carboxylic acids is 1. The largest absolute Gasteiger partial charge is 0.507 e. The Morgan fingerprint density at radius 1 is 1.16 bits per heavy atom. The third-order valence-electron chi connectivity index (χ3n) is 6.90. The average Bonchev–Trinajstić information content (AvgIpc) is 3.07. The molecule has 4 heteroatoms. The summed E-state index contributed by atoms with van der Waals surface area (Å²) < 4.78 is 11.7. The number of hydrogen-bond donors (Lipinski definition) is 1. The van der Waals surface area contributed by atoms with Gasteiger partial charge in [-0.2, -0.15) is 0 Å². The summed E-state index contributed by atoms with van der Waals surface area (Å²) in [5.41, 5.74) is 2.46. The number of carbonyl (C=O) groups is 1. The van der Waals surface area contributed by atoms with Gasteiger partial charge in [0.1, 0.15) is 12.0 Å². The molecule has 0 aromatic heterocycles. The van der Waals surface area contributed by atoms with Crippen LogP contribution in [0.1, 0.15) is 82.4 Å². The van der Waals surface area contributed by atoms with Gasteiger partial charge in [0, 0.05) is 28.0 Å². The Kier molecular flexibility index (Phi) is 3.45. The number of fused-ring (bicyclic) bond motifs is 5. The van der Waals surface area contributed by atoms with Gasteiger partial charge in [-0.15, -0.1) is 0 Å². The van der Waals surface area contributed by atoms with Crippen molar-refractivity contribution in [3.8, 4) is 17.2 Å². The lowest BCUT2D eigenvalue weighted by atomic mass is 9.55. The van der Waals surface area contributed by atoms with Crippen molar-refractivity contribution in [1.82, 2.24) is 0 Å². The van der Waals surface area contributed by atoms with Gasteiger partial charge in [-0.25, -0.2) is 0 Å². The molecule has 2 aliphatic carbocycles. The number of phenolic OH excluding ortho intramolecular Hbond substituents is 1. The summed E-state index contributed by atoms with van der Waals surface area (Å²) in [7, 11) is 0. The first-order chi connectivity index (χ1) is 11.7. The van der Waals surface area contributed by atoms with Crippen molar-refractivity contribution in [2.24, 2.45) is 11.3 Å². The first kappa shape index (κ1) is 16.7. The highest BCUT2D eigenvalue weighted by Crippen LogP contribution is 2.68. The summed E-state index contributed by atoms with van der Waals surface area (Å²) in [5.74, 6) is 1.67. The lowest BCUT2D eigenvalue weighted by Crippen LogP contribution is -2.44. The molecule has 0 saturated heterocycles. The van der Waals surface area contributed by atoms with E-state index >= 15 is 0 Å². The lowest BCUT2D eigenvalue weighted by Gasteiger charge is -2.49. The third-order valence-corrected chi connectivity index (χ3v) is 6.90. The molecule has 3 atom stereocenters. The molecule has 4 rings (SSSR count). The van der Waals surface area contributed by atoms with E-state index in [2.05, 4.69) is 20.8 Å². The van der Waals surface area contributed by atoms with Crippen LogP contribution < -0.4 is 9.47 Å². The number of hydrogen-bond acceptors (Lipinski definition) is 4. The summed E-state index contributed by atoms with van der Waals surface area (Å²) in [4.78, 5) is 12.2. The van der Waals surface area contributed by atoms with E-state index in [1.54, 1.807) is 0 Å². The van der Waals surface area contributed by atoms with Crippen molar-refractivity contribution < 1.29 is 19.4 Å². The molecule has 3 aliphatic rings. The fourth-order valence-corrected chi connectivity index (χ4v) is 6.15. The highest BCUT2D eigenvalue weighted by molar-refractivity contribution is 5.78. The van der Waals surface area contributed by atoms with Crippen molar-refractivity contribution in [2.45, 2.75) is 71.1 Å². The van der Waals surface area contributed by atoms with Gasteiger partial charge in [-0.1, -0.05) is 41.0 Å². The molecule has 1 aliphatic heterocycles. The Bertz CT molecular complexity index is 749. The summed E-state index contributed by atoms with van der Waals surface area (Å²) in [6.45, 7) is 11.0. The molecule has 0 spiro atoms. The molecule has 4 nitrogen and oxygen atoms in total. The van der Waals surface area contributed by atoms with Gasteiger partial charge in [-0.3, -0.25) is 0 Å². The number of benzene rings is 1. The van der Waals surface area contributed by atoms with Crippen molar-refractivity contribution in [3.63, 3.8) is 0 Å². The van der Waals surface area contributed by atoms with E-state index in [0.29, 0.717) is 5.75 Å². The SMILES string of the molecule is CC(C)c1c(O)c2c(c3c1OCO3)C1(C)CCCC(C)(C)C1C2C=O. The van der Waals surface area contributed by atoms with E-state index in [0.717, 1.165) is 48.0 Å². The molecule has 3 unspecified atom stereocenters. The average molecular weight is 344 g/mol. The van der Waals surface area contributed by atoms with Crippen LogP contribution in [0.3, 0.4) is 0 Å². The molecule has 1 heterocycles. The molecule has 1 fully saturated rings. The first-order valence-corrected chi connectivity index (χ1v) is 9.38. The Labute approximate surface area is 149 Å². The van der Waals surface area contributed by atoms with Gasteiger partial charge in [0.25, 0.3) is 0 Å². The maximum atomic E-state index is 12.2. The van der Waals surface area contributed by atoms with Gasteiger partial charge in [-0.05, 0) is 30.1 Å². The highest BCUT2D eigenvalue weighted by Gasteiger charge is 2.60.